The van der Waals surface area contributed by atoms with Crippen molar-refractivity contribution in [2.45, 2.75) is 49.9 Å². The average Bonchev–Trinajstić information content (AvgIpc) is 2.55. The molecular weight excluding hydrogens is 409 g/mol. The van der Waals surface area contributed by atoms with Crippen LogP contribution in [0.15, 0.2) is 23.8 Å². The first-order valence-electron chi connectivity index (χ1n) is 8.76. The van der Waals surface area contributed by atoms with Crippen molar-refractivity contribution in [3.05, 3.63) is 46.0 Å². The van der Waals surface area contributed by atoms with E-state index in [9.17, 15) is 14.4 Å². The number of fused-ring (bicyclic) bond motifs is 3. The molecule has 1 aromatic rings. The number of carbonyl (C=O) groups is 3. The van der Waals surface area contributed by atoms with Gasteiger partial charge in [0.25, 0.3) is 9.70 Å². The Morgan fingerprint density at radius 1 is 1.15 bits per heavy atom. The van der Waals surface area contributed by atoms with Gasteiger partial charge >= 0.3 is 0 Å². The van der Waals surface area contributed by atoms with Crippen LogP contribution in [0.2, 0.25) is 0 Å². The van der Waals surface area contributed by atoms with Gasteiger partial charge in [-0.1, -0.05) is 67.7 Å². The van der Waals surface area contributed by atoms with Crippen LogP contribution in [0.4, 0.5) is 0 Å². The third-order valence-corrected chi connectivity index (χ3v) is 5.52. The molecule has 1 N–H and O–H groups in total. The molecule has 1 amide bonds. The van der Waals surface area contributed by atoms with Crippen molar-refractivity contribution in [2.75, 3.05) is 0 Å². The maximum absolute atomic E-state index is 13.0. The van der Waals surface area contributed by atoms with E-state index in [0.29, 0.717) is 28.7 Å². The Hall–Kier alpha value is -1.36. The first-order valence-corrected chi connectivity index (χ1v) is 9.89. The Morgan fingerprint density at radius 2 is 1.81 bits per heavy atom. The Balaban J connectivity index is 2.11. The molecule has 0 bridgehead atoms. The van der Waals surface area contributed by atoms with E-state index < -0.39 is 21.2 Å². The number of benzene rings is 1. The molecule has 1 aromatic carbocycles. The van der Waals surface area contributed by atoms with Gasteiger partial charge in [0.1, 0.15) is 0 Å². The van der Waals surface area contributed by atoms with Crippen molar-refractivity contribution in [1.29, 1.82) is 0 Å². The Bertz CT molecular complexity index is 876. The maximum Gasteiger partial charge on any atom is 0.272 e. The number of Topliss-reactive ketones (excluding diaryl/α,β-unsaturated/α-hetero) is 1. The number of hydrogen-bond donors (Lipinski definition) is 1. The van der Waals surface area contributed by atoms with Gasteiger partial charge in [0.05, 0.1) is 6.04 Å². The highest BCUT2D eigenvalue weighted by molar-refractivity contribution is 6.76. The highest BCUT2D eigenvalue weighted by Gasteiger charge is 2.39. The molecule has 2 aliphatic carbocycles. The maximum atomic E-state index is 13.0. The van der Waals surface area contributed by atoms with Gasteiger partial charge in [0.15, 0.2) is 11.6 Å². The molecule has 0 saturated carbocycles. The summed E-state index contributed by atoms with van der Waals surface area (Å²) in [6.07, 6.45) is 3.61. The second-order valence-corrected chi connectivity index (χ2v) is 10.3. The van der Waals surface area contributed by atoms with E-state index in [4.69, 9.17) is 34.8 Å². The van der Waals surface area contributed by atoms with Crippen molar-refractivity contribution in [1.82, 2.24) is 5.32 Å². The van der Waals surface area contributed by atoms with Crippen LogP contribution in [0.3, 0.4) is 0 Å². The van der Waals surface area contributed by atoms with Crippen LogP contribution < -0.4 is 5.32 Å². The molecule has 4 nitrogen and oxygen atoms in total. The topological polar surface area (TPSA) is 63.2 Å². The predicted octanol–water partition coefficient (Wildman–Crippen LogP) is 4.90. The lowest BCUT2D eigenvalue weighted by Gasteiger charge is -2.32. The Labute approximate surface area is 173 Å². The van der Waals surface area contributed by atoms with Gasteiger partial charge in [-0.2, -0.15) is 0 Å². The number of allylic oxidation sites excluding steroid dienone is 2. The number of halogens is 3. The number of rotatable bonds is 1. The number of aryl methyl sites for hydroxylation is 1. The van der Waals surface area contributed by atoms with Crippen LogP contribution in [0, 0.1) is 5.41 Å². The molecule has 0 aliphatic heterocycles. The predicted molar refractivity (Wildman–Crippen MR) is 107 cm³/mol. The van der Waals surface area contributed by atoms with Gasteiger partial charge in [0.2, 0.25) is 0 Å². The van der Waals surface area contributed by atoms with E-state index in [1.54, 1.807) is 6.07 Å². The van der Waals surface area contributed by atoms with Crippen molar-refractivity contribution >= 4 is 52.3 Å². The lowest BCUT2D eigenvalue weighted by Crippen LogP contribution is -2.39. The third kappa shape index (κ3) is 3.80. The van der Waals surface area contributed by atoms with E-state index in [0.717, 1.165) is 18.4 Å². The number of amides is 1. The summed E-state index contributed by atoms with van der Waals surface area (Å²) in [5.41, 5.74) is 2.38. The summed E-state index contributed by atoms with van der Waals surface area (Å²) in [7, 11) is 0. The Morgan fingerprint density at radius 3 is 2.41 bits per heavy atom. The molecule has 0 spiro atoms. The molecule has 0 heterocycles. The average molecular weight is 429 g/mol. The SMILES string of the molecule is CC(C)(C)C1=CC(=O)c2c(ccc3c2[C@@H](NC(=O)C(Cl)(Cl)Cl)CCC3)C1=O. The van der Waals surface area contributed by atoms with Crippen molar-refractivity contribution < 1.29 is 14.4 Å². The molecule has 1 atom stereocenters. The summed E-state index contributed by atoms with van der Waals surface area (Å²) in [6.45, 7) is 5.70. The molecule has 0 fully saturated rings. The van der Waals surface area contributed by atoms with Crippen molar-refractivity contribution in [2.24, 2.45) is 5.41 Å². The minimum absolute atomic E-state index is 0.156. The van der Waals surface area contributed by atoms with Gasteiger partial charge in [0, 0.05) is 16.7 Å². The second-order valence-electron chi connectivity index (χ2n) is 7.98. The molecule has 7 heteroatoms. The lowest BCUT2D eigenvalue weighted by atomic mass is 9.73. The van der Waals surface area contributed by atoms with Crippen LogP contribution in [-0.2, 0) is 11.2 Å². The summed E-state index contributed by atoms with van der Waals surface area (Å²) in [5.74, 6) is -1.12. The molecule has 0 aromatic heterocycles. The number of carbonyl (C=O) groups excluding carboxylic acids is 3. The van der Waals surface area contributed by atoms with E-state index in [-0.39, 0.29) is 11.6 Å². The minimum atomic E-state index is -2.09. The van der Waals surface area contributed by atoms with Gasteiger partial charge in [-0.3, -0.25) is 14.4 Å². The highest BCUT2D eigenvalue weighted by atomic mass is 35.6. The fraction of sp³-hybridized carbons (Fsp3) is 0.450. The zero-order valence-electron chi connectivity index (χ0n) is 15.3. The summed E-state index contributed by atoms with van der Waals surface area (Å²) >= 11 is 17.0. The van der Waals surface area contributed by atoms with Gasteiger partial charge < -0.3 is 5.32 Å². The van der Waals surface area contributed by atoms with Crippen LogP contribution in [-0.4, -0.2) is 21.3 Å². The smallest absolute Gasteiger partial charge is 0.272 e. The third-order valence-electron chi connectivity index (χ3n) is 5.01. The monoisotopic (exact) mass is 427 g/mol. The van der Waals surface area contributed by atoms with Crippen LogP contribution in [0.25, 0.3) is 0 Å². The molecule has 0 unspecified atom stereocenters. The summed E-state index contributed by atoms with van der Waals surface area (Å²) < 4.78 is -2.09. The fourth-order valence-corrected chi connectivity index (χ4v) is 3.89. The number of nitrogens with one attached hydrogen (secondary N) is 1. The lowest BCUT2D eigenvalue weighted by molar-refractivity contribution is -0.121. The summed E-state index contributed by atoms with van der Waals surface area (Å²) in [5, 5.41) is 2.72. The van der Waals surface area contributed by atoms with Gasteiger partial charge in [-0.25, -0.2) is 0 Å². The molecule has 144 valence electrons. The largest absolute Gasteiger partial charge is 0.346 e. The summed E-state index contributed by atoms with van der Waals surface area (Å²) in [6, 6.07) is 3.10. The standard InChI is InChI=1S/C20H20Cl3NO3/c1-19(2,3)12-9-14(25)16-11(17(12)26)8-7-10-5-4-6-13(15(10)16)24-18(27)20(21,22)23/h7-9,13H,4-6H2,1-3H3,(H,24,27)/t13-/m0/s1. The van der Waals surface area contributed by atoms with Crippen molar-refractivity contribution in [3.8, 4) is 0 Å². The second kappa shape index (κ2) is 6.91. The van der Waals surface area contributed by atoms with Crippen LogP contribution in [0.5, 0.6) is 0 Å². The fourth-order valence-electron chi connectivity index (χ4n) is 3.73. The van der Waals surface area contributed by atoms with E-state index in [1.165, 1.54) is 6.08 Å². The minimum Gasteiger partial charge on any atom is -0.346 e. The van der Waals surface area contributed by atoms with Gasteiger partial charge in [-0.05, 0) is 41.9 Å². The first-order chi connectivity index (χ1) is 12.4. The Kier molecular flexibility index (Phi) is 5.21. The number of hydrogen-bond acceptors (Lipinski definition) is 3. The molecular formula is C20H20Cl3NO3. The zero-order chi connectivity index (χ0) is 20.1. The summed E-state index contributed by atoms with van der Waals surface area (Å²) in [4.78, 5) is 38.1. The zero-order valence-corrected chi connectivity index (χ0v) is 17.6. The quantitative estimate of drug-likeness (QED) is 0.647. The normalized spacial score (nSPS) is 19.9. The molecule has 0 saturated heterocycles. The molecule has 3 rings (SSSR count). The molecule has 0 radical (unpaired) electrons. The van der Waals surface area contributed by atoms with E-state index >= 15 is 0 Å². The van der Waals surface area contributed by atoms with Gasteiger partial charge in [-0.15, -0.1) is 0 Å². The molecule has 27 heavy (non-hydrogen) atoms. The first kappa shape index (κ1) is 20.4. The highest BCUT2D eigenvalue weighted by Crippen LogP contribution is 2.40. The van der Waals surface area contributed by atoms with Crippen LogP contribution in [0.1, 0.15) is 71.5 Å². The number of ketones is 2. The van der Waals surface area contributed by atoms with E-state index in [2.05, 4.69) is 5.32 Å². The van der Waals surface area contributed by atoms with Crippen molar-refractivity contribution in [3.63, 3.8) is 0 Å². The van der Waals surface area contributed by atoms with Crippen LogP contribution >= 0.6 is 34.8 Å². The molecule has 2 aliphatic rings. The number of alkyl halides is 3. The van der Waals surface area contributed by atoms with E-state index in [1.807, 2.05) is 26.8 Å².